The van der Waals surface area contributed by atoms with Crippen LogP contribution < -0.4 is 15.4 Å². The molecule has 1 unspecified atom stereocenters. The molecule has 0 aromatic heterocycles. The molecule has 1 aliphatic heterocycles. The molecule has 0 spiro atoms. The van der Waals surface area contributed by atoms with Gasteiger partial charge >= 0.3 is 6.09 Å². The van der Waals surface area contributed by atoms with Crippen LogP contribution in [0, 0.1) is 27.6 Å². The zero-order valence-corrected chi connectivity index (χ0v) is 23.9. The maximum atomic E-state index is 13.1. The van der Waals surface area contributed by atoms with Crippen LogP contribution in [0.1, 0.15) is 60.5 Å². The molecule has 1 aromatic carbocycles. The van der Waals surface area contributed by atoms with Gasteiger partial charge in [0.15, 0.2) is 0 Å². The van der Waals surface area contributed by atoms with Crippen LogP contribution in [0.3, 0.4) is 0 Å². The van der Waals surface area contributed by atoms with Crippen molar-refractivity contribution in [3.8, 4) is 11.8 Å². The van der Waals surface area contributed by atoms with Crippen LogP contribution in [0.5, 0.6) is 5.75 Å². The van der Waals surface area contributed by atoms with Gasteiger partial charge in [0.2, 0.25) is 0 Å². The van der Waals surface area contributed by atoms with E-state index >= 15 is 0 Å². The van der Waals surface area contributed by atoms with Gasteiger partial charge in [-0.1, -0.05) is 39.3 Å². The largest absolute Gasteiger partial charge is 0.489 e. The van der Waals surface area contributed by atoms with Crippen molar-refractivity contribution in [1.29, 1.82) is 10.7 Å². The summed E-state index contributed by atoms with van der Waals surface area (Å²) in [6, 6.07) is 6.75. The predicted molar refractivity (Wildman–Crippen MR) is 146 cm³/mol. The molecule has 2 fully saturated rings. The lowest BCUT2D eigenvalue weighted by Crippen LogP contribution is -2.74. The SMILES string of the molecule is CC(C)(C)OC(=O)N1CCC(N/C=C(\C=N)C(=O)N[C@H]2C(C)(C)[C@H](Oc3ccc(C#N)c(Cl)c3)C2(C)C)C1. The molecule has 1 saturated heterocycles. The molecule has 9 nitrogen and oxygen atoms in total. The number of benzene rings is 1. The molecule has 1 atom stereocenters. The lowest BCUT2D eigenvalue weighted by atomic mass is 9.49. The van der Waals surface area contributed by atoms with E-state index in [4.69, 9.17) is 31.7 Å². The molecule has 38 heavy (non-hydrogen) atoms. The van der Waals surface area contributed by atoms with Crippen molar-refractivity contribution in [2.24, 2.45) is 10.8 Å². The van der Waals surface area contributed by atoms with Gasteiger partial charge in [-0.15, -0.1) is 0 Å². The molecule has 2 amide bonds. The molecule has 10 heteroatoms. The normalized spacial score (nSPS) is 24.0. The fraction of sp³-hybridized carbons (Fsp3) is 0.571. The Bertz CT molecular complexity index is 1150. The van der Waals surface area contributed by atoms with Gasteiger partial charge in [-0.3, -0.25) is 4.79 Å². The van der Waals surface area contributed by atoms with Crippen LogP contribution in [-0.4, -0.2) is 60.0 Å². The summed E-state index contributed by atoms with van der Waals surface area (Å²) in [6.45, 7) is 14.6. The van der Waals surface area contributed by atoms with Gasteiger partial charge in [0.1, 0.15) is 23.5 Å². The predicted octanol–water partition coefficient (Wildman–Crippen LogP) is 4.64. The van der Waals surface area contributed by atoms with Crippen molar-refractivity contribution in [1.82, 2.24) is 15.5 Å². The lowest BCUT2D eigenvalue weighted by Gasteiger charge is -2.63. The van der Waals surface area contributed by atoms with Gasteiger partial charge < -0.3 is 30.4 Å². The summed E-state index contributed by atoms with van der Waals surface area (Å²) in [6.07, 6.45) is 2.69. The zero-order chi connectivity index (χ0) is 28.5. The second kappa shape index (κ2) is 10.9. The number of carbonyl (C=O) groups excluding carboxylic acids is 2. The van der Waals surface area contributed by atoms with E-state index in [9.17, 15) is 9.59 Å². The van der Waals surface area contributed by atoms with Crippen molar-refractivity contribution in [3.63, 3.8) is 0 Å². The van der Waals surface area contributed by atoms with Crippen LogP contribution in [0.4, 0.5) is 4.79 Å². The highest BCUT2D eigenvalue weighted by Gasteiger charge is 2.64. The van der Waals surface area contributed by atoms with Gasteiger partial charge in [-0.05, 0) is 39.3 Å². The van der Waals surface area contributed by atoms with Crippen molar-refractivity contribution >= 4 is 29.8 Å². The van der Waals surface area contributed by atoms with Crippen LogP contribution in [-0.2, 0) is 9.53 Å². The molecule has 1 saturated carbocycles. The first kappa shape index (κ1) is 29.3. The second-order valence-electron chi connectivity index (χ2n) is 12.1. The third-order valence-corrected chi connectivity index (χ3v) is 7.47. The number of nitrogens with one attached hydrogen (secondary N) is 3. The Morgan fingerprint density at radius 3 is 2.45 bits per heavy atom. The minimum absolute atomic E-state index is 0.0427. The van der Waals surface area contributed by atoms with E-state index in [0.29, 0.717) is 35.8 Å². The summed E-state index contributed by atoms with van der Waals surface area (Å²) in [5.74, 6) is 0.201. The molecule has 3 rings (SSSR count). The maximum absolute atomic E-state index is 13.1. The van der Waals surface area contributed by atoms with Crippen LogP contribution >= 0.6 is 11.6 Å². The van der Waals surface area contributed by atoms with Gasteiger partial charge in [-0.25, -0.2) is 4.79 Å². The number of amides is 2. The molecule has 1 aromatic rings. The highest BCUT2D eigenvalue weighted by molar-refractivity contribution is 6.31. The summed E-state index contributed by atoms with van der Waals surface area (Å²) in [4.78, 5) is 27.1. The minimum atomic E-state index is -0.559. The third kappa shape index (κ3) is 6.24. The third-order valence-electron chi connectivity index (χ3n) is 7.16. The van der Waals surface area contributed by atoms with Gasteiger partial charge in [0, 0.05) is 54.5 Å². The number of rotatable bonds is 7. The van der Waals surface area contributed by atoms with E-state index in [2.05, 4.69) is 10.6 Å². The molecular weight excluding hydrogens is 506 g/mol. The van der Waals surface area contributed by atoms with Gasteiger partial charge in [0.25, 0.3) is 5.91 Å². The summed E-state index contributed by atoms with van der Waals surface area (Å²) >= 11 is 6.17. The Labute approximate surface area is 230 Å². The van der Waals surface area contributed by atoms with E-state index in [-0.39, 0.29) is 35.8 Å². The highest BCUT2D eigenvalue weighted by Crippen LogP contribution is 2.55. The molecule has 206 valence electrons. The second-order valence-corrected chi connectivity index (χ2v) is 12.5. The Kier molecular flexibility index (Phi) is 8.37. The number of hydrogen-bond donors (Lipinski definition) is 3. The summed E-state index contributed by atoms with van der Waals surface area (Å²) in [7, 11) is 0. The summed E-state index contributed by atoms with van der Waals surface area (Å²) in [5, 5.41) is 23.5. The summed E-state index contributed by atoms with van der Waals surface area (Å²) < 4.78 is 11.7. The Balaban J connectivity index is 1.61. The number of likely N-dealkylation sites (tertiary alicyclic amines) is 1. The zero-order valence-electron chi connectivity index (χ0n) is 23.1. The number of hydrogen-bond acceptors (Lipinski definition) is 7. The Morgan fingerprint density at radius 1 is 1.24 bits per heavy atom. The van der Waals surface area contributed by atoms with Crippen LogP contribution in [0.15, 0.2) is 30.0 Å². The molecule has 1 heterocycles. The van der Waals surface area contributed by atoms with Gasteiger partial charge in [0.05, 0.1) is 16.2 Å². The Morgan fingerprint density at radius 2 is 1.89 bits per heavy atom. The lowest BCUT2D eigenvalue weighted by molar-refractivity contribution is -0.172. The van der Waals surface area contributed by atoms with Crippen molar-refractivity contribution in [3.05, 3.63) is 40.6 Å². The number of ether oxygens (including phenoxy) is 2. The van der Waals surface area contributed by atoms with Crippen LogP contribution in [0.2, 0.25) is 5.02 Å². The van der Waals surface area contributed by atoms with Gasteiger partial charge in [-0.2, -0.15) is 5.26 Å². The molecule has 1 aliphatic carbocycles. The van der Waals surface area contributed by atoms with Crippen molar-refractivity contribution < 1.29 is 19.1 Å². The molecule has 0 radical (unpaired) electrons. The monoisotopic (exact) mass is 543 g/mol. The molecule has 3 N–H and O–H groups in total. The van der Waals surface area contributed by atoms with Crippen LogP contribution in [0.25, 0.3) is 0 Å². The highest BCUT2D eigenvalue weighted by atomic mass is 35.5. The molecular formula is C28H38ClN5O4. The van der Waals surface area contributed by atoms with E-state index in [0.717, 1.165) is 6.21 Å². The first-order valence-corrected chi connectivity index (χ1v) is 13.1. The first-order valence-electron chi connectivity index (χ1n) is 12.7. The number of nitrogens with zero attached hydrogens (tertiary/aromatic N) is 2. The van der Waals surface area contributed by atoms with Crippen molar-refractivity contribution in [2.75, 3.05) is 13.1 Å². The fourth-order valence-corrected chi connectivity index (χ4v) is 5.79. The number of nitriles is 1. The quantitative estimate of drug-likeness (QED) is 0.339. The fourth-order valence-electron chi connectivity index (χ4n) is 5.58. The minimum Gasteiger partial charge on any atom is -0.489 e. The Hall–Kier alpha value is -3.25. The topological polar surface area (TPSA) is 128 Å². The number of halogens is 1. The molecule has 0 bridgehead atoms. The van der Waals surface area contributed by atoms with Crippen molar-refractivity contribution in [2.45, 2.75) is 78.7 Å². The molecule has 2 aliphatic rings. The maximum Gasteiger partial charge on any atom is 0.410 e. The van der Waals surface area contributed by atoms with E-state index in [1.807, 2.05) is 54.5 Å². The smallest absolute Gasteiger partial charge is 0.410 e. The average molecular weight is 544 g/mol. The van der Waals surface area contributed by atoms with E-state index in [1.54, 1.807) is 23.1 Å². The summed E-state index contributed by atoms with van der Waals surface area (Å²) in [5.41, 5.74) is -0.823. The standard InChI is InChI=1S/C28H38ClN5O4/c1-26(2,3)38-25(36)34-11-10-19(16-34)32-15-18(14-31)22(35)33-23-27(4,5)24(28(23,6)7)37-20-9-8-17(13-30)21(29)12-20/h8-9,12,14-15,19,23-24,31-32H,10-11,16H2,1-7H3,(H,33,35)/b18-15+,31-14?/t19?,23-,24-. The first-order chi connectivity index (χ1) is 17.6. The average Bonchev–Trinajstić information content (AvgIpc) is 3.29. The number of carbonyl (C=O) groups is 2. The van der Waals surface area contributed by atoms with E-state index in [1.165, 1.54) is 6.20 Å². The van der Waals surface area contributed by atoms with E-state index < -0.39 is 16.4 Å².